The van der Waals surface area contributed by atoms with E-state index < -0.39 is 10.0 Å². The maximum atomic E-state index is 12.6. The number of carbonyl (C=O) groups excluding carboxylic acids is 1. The first kappa shape index (κ1) is 16.0. The monoisotopic (exact) mass is 313 g/mol. The predicted molar refractivity (Wildman–Crippen MR) is 80.3 cm³/mol. The molecule has 2 heterocycles. The molecule has 118 valence electrons. The van der Waals surface area contributed by atoms with Crippen LogP contribution in [0.5, 0.6) is 0 Å². The second-order valence-electron chi connectivity index (χ2n) is 5.96. The summed E-state index contributed by atoms with van der Waals surface area (Å²) in [6.45, 7) is 8.24. The molecular formula is C14H23N3O3S. The summed E-state index contributed by atoms with van der Waals surface area (Å²) >= 11 is 0. The number of likely N-dealkylation sites (tertiary alicyclic amines) is 1. The van der Waals surface area contributed by atoms with Crippen LogP contribution in [0.2, 0.25) is 0 Å². The third-order valence-corrected chi connectivity index (χ3v) is 5.04. The van der Waals surface area contributed by atoms with Crippen LogP contribution in [-0.4, -0.2) is 36.9 Å². The van der Waals surface area contributed by atoms with Crippen LogP contribution < -0.4 is 5.14 Å². The van der Waals surface area contributed by atoms with Crippen molar-refractivity contribution in [3.8, 4) is 0 Å². The number of nitrogens with two attached hydrogens (primary N) is 1. The van der Waals surface area contributed by atoms with Crippen molar-refractivity contribution in [1.29, 1.82) is 0 Å². The van der Waals surface area contributed by atoms with E-state index in [1.807, 2.05) is 6.92 Å². The van der Waals surface area contributed by atoms with E-state index in [0.29, 0.717) is 37.2 Å². The molecule has 21 heavy (non-hydrogen) atoms. The number of aromatic nitrogens is 1. The predicted octanol–water partition coefficient (Wildman–Crippen LogP) is 1.27. The molecule has 1 aromatic heterocycles. The number of hydrogen-bond donors (Lipinski definition) is 1. The standard InChI is InChI=1S/C14H23N3O3S/c1-4-5-16-9-12(21(15,19)20)6-13(16)14(18)17-7-10(2)11(3)8-17/h6,9-11H,4-5,7-8H2,1-3H3,(H2,15,19,20). The van der Waals surface area contributed by atoms with Gasteiger partial charge in [-0.3, -0.25) is 4.79 Å². The minimum atomic E-state index is -3.79. The van der Waals surface area contributed by atoms with Gasteiger partial charge in [0.2, 0.25) is 10.0 Å². The van der Waals surface area contributed by atoms with Crippen LogP contribution >= 0.6 is 0 Å². The highest BCUT2D eigenvalue weighted by molar-refractivity contribution is 7.89. The second kappa shape index (κ2) is 5.81. The maximum absolute atomic E-state index is 12.6. The summed E-state index contributed by atoms with van der Waals surface area (Å²) in [6, 6.07) is 1.39. The molecule has 1 aliphatic rings. The van der Waals surface area contributed by atoms with Gasteiger partial charge in [-0.05, 0) is 24.3 Å². The van der Waals surface area contributed by atoms with Gasteiger partial charge in [0.05, 0.1) is 0 Å². The molecule has 2 N–H and O–H groups in total. The summed E-state index contributed by atoms with van der Waals surface area (Å²) in [5, 5.41) is 5.17. The zero-order valence-electron chi connectivity index (χ0n) is 12.7. The van der Waals surface area contributed by atoms with Gasteiger partial charge in [-0.2, -0.15) is 0 Å². The quantitative estimate of drug-likeness (QED) is 0.908. The third kappa shape index (κ3) is 3.29. The first-order valence-corrected chi connectivity index (χ1v) is 8.81. The van der Waals surface area contributed by atoms with Crippen LogP contribution in [0.1, 0.15) is 37.7 Å². The Balaban J connectivity index is 2.34. The van der Waals surface area contributed by atoms with Crippen molar-refractivity contribution in [2.75, 3.05) is 13.1 Å². The first-order chi connectivity index (χ1) is 9.74. The molecule has 0 radical (unpaired) electrons. The summed E-state index contributed by atoms with van der Waals surface area (Å²) in [7, 11) is -3.79. The maximum Gasteiger partial charge on any atom is 0.270 e. The van der Waals surface area contributed by atoms with E-state index in [0.717, 1.165) is 6.42 Å². The average Bonchev–Trinajstić information content (AvgIpc) is 2.94. The fraction of sp³-hybridized carbons (Fsp3) is 0.643. The van der Waals surface area contributed by atoms with Crippen molar-refractivity contribution < 1.29 is 13.2 Å². The molecule has 1 saturated heterocycles. The van der Waals surface area contributed by atoms with Gasteiger partial charge in [0.1, 0.15) is 10.6 Å². The van der Waals surface area contributed by atoms with E-state index in [1.165, 1.54) is 12.3 Å². The summed E-state index contributed by atoms with van der Waals surface area (Å²) in [4.78, 5) is 14.4. The molecule has 7 heteroatoms. The average molecular weight is 313 g/mol. The number of sulfonamides is 1. The van der Waals surface area contributed by atoms with Gasteiger partial charge in [0.25, 0.3) is 5.91 Å². The molecule has 0 bridgehead atoms. The molecule has 0 saturated carbocycles. The summed E-state index contributed by atoms with van der Waals surface area (Å²) in [5.74, 6) is 0.803. The molecular weight excluding hydrogens is 290 g/mol. The molecule has 0 spiro atoms. The Kier molecular flexibility index (Phi) is 4.43. The van der Waals surface area contributed by atoms with E-state index >= 15 is 0 Å². The molecule has 0 aromatic carbocycles. The lowest BCUT2D eigenvalue weighted by Crippen LogP contribution is -2.30. The van der Waals surface area contributed by atoms with Gasteiger partial charge in [-0.25, -0.2) is 13.6 Å². The largest absolute Gasteiger partial charge is 0.342 e. The fourth-order valence-electron chi connectivity index (χ4n) is 2.70. The van der Waals surface area contributed by atoms with E-state index in [1.54, 1.807) is 9.47 Å². The normalized spacial score (nSPS) is 22.8. The SMILES string of the molecule is CCCn1cc(S(N)(=O)=O)cc1C(=O)N1CC(C)C(C)C1. The number of hydrogen-bond acceptors (Lipinski definition) is 3. The first-order valence-electron chi connectivity index (χ1n) is 7.26. The van der Waals surface area contributed by atoms with Crippen LogP contribution in [0.4, 0.5) is 0 Å². The zero-order valence-corrected chi connectivity index (χ0v) is 13.6. The van der Waals surface area contributed by atoms with Gasteiger partial charge in [0, 0.05) is 25.8 Å². The molecule has 0 aliphatic carbocycles. The van der Waals surface area contributed by atoms with E-state index in [4.69, 9.17) is 5.14 Å². The Morgan fingerprint density at radius 3 is 2.38 bits per heavy atom. The van der Waals surface area contributed by atoms with E-state index in [-0.39, 0.29) is 10.8 Å². The van der Waals surface area contributed by atoms with Crippen molar-refractivity contribution in [1.82, 2.24) is 9.47 Å². The van der Waals surface area contributed by atoms with Crippen LogP contribution in [-0.2, 0) is 16.6 Å². The molecule has 1 fully saturated rings. The smallest absolute Gasteiger partial charge is 0.270 e. The highest BCUT2D eigenvalue weighted by Crippen LogP contribution is 2.25. The number of primary sulfonamides is 1. The van der Waals surface area contributed by atoms with Gasteiger partial charge in [-0.15, -0.1) is 0 Å². The highest BCUT2D eigenvalue weighted by atomic mass is 32.2. The molecule has 2 unspecified atom stereocenters. The number of nitrogens with zero attached hydrogens (tertiary/aromatic N) is 2. The minimum Gasteiger partial charge on any atom is -0.342 e. The van der Waals surface area contributed by atoms with Crippen LogP contribution in [0.25, 0.3) is 0 Å². The minimum absolute atomic E-state index is 0.000376. The van der Waals surface area contributed by atoms with Gasteiger partial charge < -0.3 is 9.47 Å². The van der Waals surface area contributed by atoms with Crippen molar-refractivity contribution in [2.45, 2.75) is 38.6 Å². The van der Waals surface area contributed by atoms with Crippen molar-refractivity contribution in [3.63, 3.8) is 0 Å². The number of amides is 1. The molecule has 1 aromatic rings. The van der Waals surface area contributed by atoms with Crippen molar-refractivity contribution >= 4 is 15.9 Å². The van der Waals surface area contributed by atoms with E-state index in [2.05, 4.69) is 13.8 Å². The zero-order chi connectivity index (χ0) is 15.8. The molecule has 2 atom stereocenters. The molecule has 1 aliphatic heterocycles. The number of rotatable bonds is 4. The lowest BCUT2D eigenvalue weighted by Gasteiger charge is -2.17. The van der Waals surface area contributed by atoms with Crippen LogP contribution in [0, 0.1) is 11.8 Å². The lowest BCUT2D eigenvalue weighted by molar-refractivity contribution is 0.0774. The Morgan fingerprint density at radius 1 is 1.33 bits per heavy atom. The molecule has 1 amide bonds. The summed E-state index contributed by atoms with van der Waals surface area (Å²) in [5.41, 5.74) is 0.405. The Bertz CT molecular complexity index is 626. The Labute approximate surface area is 126 Å². The van der Waals surface area contributed by atoms with Gasteiger partial charge in [-0.1, -0.05) is 20.8 Å². The Morgan fingerprint density at radius 2 is 1.90 bits per heavy atom. The number of carbonyl (C=O) groups is 1. The fourth-order valence-corrected chi connectivity index (χ4v) is 3.25. The van der Waals surface area contributed by atoms with E-state index in [9.17, 15) is 13.2 Å². The molecule has 6 nitrogen and oxygen atoms in total. The molecule has 2 rings (SSSR count). The summed E-state index contributed by atoms with van der Waals surface area (Å²) < 4.78 is 24.7. The van der Waals surface area contributed by atoms with Crippen LogP contribution in [0.15, 0.2) is 17.2 Å². The van der Waals surface area contributed by atoms with Crippen molar-refractivity contribution in [3.05, 3.63) is 18.0 Å². The van der Waals surface area contributed by atoms with Crippen molar-refractivity contribution in [2.24, 2.45) is 17.0 Å². The van der Waals surface area contributed by atoms with Gasteiger partial charge in [0.15, 0.2) is 0 Å². The second-order valence-corrected chi connectivity index (χ2v) is 7.53. The third-order valence-electron chi connectivity index (χ3n) is 4.16. The summed E-state index contributed by atoms with van der Waals surface area (Å²) in [6.07, 6.45) is 2.26. The Hall–Kier alpha value is -1.34. The lowest BCUT2D eigenvalue weighted by atomic mass is 10.0. The van der Waals surface area contributed by atoms with Gasteiger partial charge >= 0.3 is 0 Å². The topological polar surface area (TPSA) is 85.4 Å². The highest BCUT2D eigenvalue weighted by Gasteiger charge is 2.31. The van der Waals surface area contributed by atoms with Crippen LogP contribution in [0.3, 0.4) is 0 Å². The number of aryl methyl sites for hydroxylation is 1.